The molecule has 8 heteroatoms. The smallest absolute Gasteiger partial charge is 0.433 e. The third-order valence-electron chi connectivity index (χ3n) is 4.93. The number of aromatic nitrogens is 1. The predicted octanol–water partition coefficient (Wildman–Crippen LogP) is 3.48. The Morgan fingerprint density at radius 1 is 1.24 bits per heavy atom. The quantitative estimate of drug-likeness (QED) is 0.758. The highest BCUT2D eigenvalue weighted by Crippen LogP contribution is 2.30. The van der Waals surface area contributed by atoms with Gasteiger partial charge in [-0.2, -0.15) is 13.2 Å². The summed E-state index contributed by atoms with van der Waals surface area (Å²) in [4.78, 5) is 5.99. The molecule has 2 heterocycles. The summed E-state index contributed by atoms with van der Waals surface area (Å²) in [5.41, 5.74) is 0.545. The normalized spacial score (nSPS) is 19.1. The number of aliphatic hydroxyl groups excluding tert-OH is 1. The van der Waals surface area contributed by atoms with Crippen molar-refractivity contribution >= 4 is 0 Å². The highest BCUT2D eigenvalue weighted by atomic mass is 19.4. The Hall–Kier alpha value is -2.16. The number of alkyl halides is 3. The van der Waals surface area contributed by atoms with Gasteiger partial charge < -0.3 is 14.6 Å². The average molecular weight is 410 g/mol. The Morgan fingerprint density at radius 2 is 2.00 bits per heavy atom. The Kier molecular flexibility index (Phi) is 7.10. The molecular formula is C21H25F3N2O3. The second kappa shape index (κ2) is 9.56. The van der Waals surface area contributed by atoms with E-state index in [1.54, 1.807) is 6.07 Å². The molecule has 1 saturated heterocycles. The largest absolute Gasteiger partial charge is 0.491 e. The minimum atomic E-state index is -4.47. The van der Waals surface area contributed by atoms with E-state index in [4.69, 9.17) is 14.6 Å². The summed E-state index contributed by atoms with van der Waals surface area (Å²) >= 11 is 0. The van der Waals surface area contributed by atoms with Crippen molar-refractivity contribution in [2.75, 3.05) is 32.9 Å². The minimum absolute atomic E-state index is 0.0300. The lowest BCUT2D eigenvalue weighted by atomic mass is 10.0. The summed E-state index contributed by atoms with van der Waals surface area (Å²) in [5.74, 6) is 0.706. The van der Waals surface area contributed by atoms with Crippen molar-refractivity contribution in [1.82, 2.24) is 9.88 Å². The first kappa shape index (κ1) is 21.5. The van der Waals surface area contributed by atoms with Crippen LogP contribution in [0.15, 0.2) is 42.5 Å². The molecule has 158 valence electrons. The monoisotopic (exact) mass is 410 g/mol. The molecule has 2 atom stereocenters. The molecule has 3 rings (SSSR count). The lowest BCUT2D eigenvalue weighted by Gasteiger charge is -2.36. The molecule has 0 aliphatic carbocycles. The number of halogens is 3. The SMILES string of the molecule is CC(Cc1ccc(OCCO)cc1)N1CCOC(c2cccc(C(F)(F)F)n2)C1. The minimum Gasteiger partial charge on any atom is -0.491 e. The second-order valence-corrected chi connectivity index (χ2v) is 7.07. The standard InChI is InChI=1S/C21H25F3N2O3/c1-15(13-16-5-7-17(8-6-16)28-12-10-27)26-9-11-29-19(14-26)18-3-2-4-20(25-18)21(22,23)24/h2-8,15,19,27H,9-14H2,1H3. The molecule has 1 N–H and O–H groups in total. The molecule has 0 spiro atoms. The lowest BCUT2D eigenvalue weighted by Crippen LogP contribution is -2.44. The predicted molar refractivity (Wildman–Crippen MR) is 102 cm³/mol. The molecule has 0 radical (unpaired) electrons. The fraction of sp³-hybridized carbons (Fsp3) is 0.476. The van der Waals surface area contributed by atoms with Gasteiger partial charge in [0, 0.05) is 19.1 Å². The second-order valence-electron chi connectivity index (χ2n) is 7.07. The Bertz CT molecular complexity index is 783. The maximum absolute atomic E-state index is 12.9. The van der Waals surface area contributed by atoms with Crippen LogP contribution in [0.4, 0.5) is 13.2 Å². The molecule has 29 heavy (non-hydrogen) atoms. The molecule has 0 bridgehead atoms. The molecule has 1 aliphatic heterocycles. The van der Waals surface area contributed by atoms with Gasteiger partial charge >= 0.3 is 6.18 Å². The molecular weight excluding hydrogens is 385 g/mol. The van der Waals surface area contributed by atoms with Crippen LogP contribution in [0, 0.1) is 0 Å². The number of hydrogen-bond donors (Lipinski definition) is 1. The lowest BCUT2D eigenvalue weighted by molar-refractivity contribution is -0.141. The number of morpholine rings is 1. The van der Waals surface area contributed by atoms with Crippen LogP contribution < -0.4 is 4.74 Å². The summed E-state index contributed by atoms with van der Waals surface area (Å²) in [6.07, 6.45) is -4.16. The van der Waals surface area contributed by atoms with E-state index in [0.717, 1.165) is 18.1 Å². The summed E-state index contributed by atoms with van der Waals surface area (Å²) in [7, 11) is 0. The van der Waals surface area contributed by atoms with E-state index in [1.807, 2.05) is 24.3 Å². The van der Waals surface area contributed by atoms with E-state index in [-0.39, 0.29) is 19.3 Å². The Morgan fingerprint density at radius 3 is 2.69 bits per heavy atom. The van der Waals surface area contributed by atoms with Crippen LogP contribution in [0.25, 0.3) is 0 Å². The summed E-state index contributed by atoms with van der Waals surface area (Å²) < 4.78 is 49.9. The fourth-order valence-corrected chi connectivity index (χ4v) is 3.39. The highest BCUT2D eigenvalue weighted by molar-refractivity contribution is 5.27. The van der Waals surface area contributed by atoms with E-state index in [0.29, 0.717) is 31.1 Å². The van der Waals surface area contributed by atoms with Crippen LogP contribution in [-0.2, 0) is 17.3 Å². The maximum Gasteiger partial charge on any atom is 0.433 e. The molecule has 1 aromatic carbocycles. The zero-order chi connectivity index (χ0) is 20.9. The topological polar surface area (TPSA) is 54.8 Å². The van der Waals surface area contributed by atoms with E-state index < -0.39 is 18.0 Å². The number of hydrogen-bond acceptors (Lipinski definition) is 5. The zero-order valence-corrected chi connectivity index (χ0v) is 16.2. The van der Waals surface area contributed by atoms with Crippen LogP contribution in [0.3, 0.4) is 0 Å². The van der Waals surface area contributed by atoms with Crippen molar-refractivity contribution in [2.45, 2.75) is 31.7 Å². The van der Waals surface area contributed by atoms with Gasteiger partial charge in [0.2, 0.25) is 0 Å². The van der Waals surface area contributed by atoms with Gasteiger partial charge in [0.15, 0.2) is 0 Å². The van der Waals surface area contributed by atoms with Gasteiger partial charge in [0.05, 0.1) is 18.9 Å². The van der Waals surface area contributed by atoms with Gasteiger partial charge in [0.25, 0.3) is 0 Å². The molecule has 0 saturated carbocycles. The van der Waals surface area contributed by atoms with Gasteiger partial charge in [-0.05, 0) is 43.2 Å². The van der Waals surface area contributed by atoms with Gasteiger partial charge in [0.1, 0.15) is 24.2 Å². The first-order chi connectivity index (χ1) is 13.9. The number of aliphatic hydroxyl groups is 1. The fourth-order valence-electron chi connectivity index (χ4n) is 3.39. The average Bonchev–Trinajstić information content (AvgIpc) is 2.73. The third kappa shape index (κ3) is 5.91. The molecule has 0 amide bonds. The first-order valence-electron chi connectivity index (χ1n) is 9.59. The zero-order valence-electron chi connectivity index (χ0n) is 16.2. The van der Waals surface area contributed by atoms with Crippen LogP contribution in [0.2, 0.25) is 0 Å². The van der Waals surface area contributed by atoms with Gasteiger partial charge in [-0.1, -0.05) is 18.2 Å². The van der Waals surface area contributed by atoms with E-state index >= 15 is 0 Å². The molecule has 2 aromatic rings. The number of benzene rings is 1. The Balaban J connectivity index is 1.61. The number of rotatable bonds is 7. The maximum atomic E-state index is 12.9. The molecule has 1 fully saturated rings. The van der Waals surface area contributed by atoms with Gasteiger partial charge in [-0.15, -0.1) is 0 Å². The van der Waals surface area contributed by atoms with Crippen molar-refractivity contribution in [3.8, 4) is 5.75 Å². The van der Waals surface area contributed by atoms with Crippen molar-refractivity contribution < 1.29 is 27.8 Å². The van der Waals surface area contributed by atoms with Crippen molar-refractivity contribution in [2.24, 2.45) is 0 Å². The van der Waals surface area contributed by atoms with Crippen molar-refractivity contribution in [3.63, 3.8) is 0 Å². The first-order valence-corrected chi connectivity index (χ1v) is 9.59. The number of pyridine rings is 1. The third-order valence-corrected chi connectivity index (χ3v) is 4.93. The van der Waals surface area contributed by atoms with E-state index in [1.165, 1.54) is 6.07 Å². The molecule has 5 nitrogen and oxygen atoms in total. The molecule has 2 unspecified atom stereocenters. The van der Waals surface area contributed by atoms with Crippen LogP contribution in [0.1, 0.15) is 30.0 Å². The van der Waals surface area contributed by atoms with Gasteiger partial charge in [-0.3, -0.25) is 4.90 Å². The van der Waals surface area contributed by atoms with Crippen LogP contribution >= 0.6 is 0 Å². The Labute approximate surface area is 168 Å². The number of ether oxygens (including phenoxy) is 2. The van der Waals surface area contributed by atoms with Crippen molar-refractivity contribution in [3.05, 3.63) is 59.4 Å². The molecule has 1 aliphatic rings. The highest BCUT2D eigenvalue weighted by Gasteiger charge is 2.34. The van der Waals surface area contributed by atoms with Crippen LogP contribution in [0.5, 0.6) is 5.75 Å². The summed E-state index contributed by atoms with van der Waals surface area (Å²) in [6, 6.07) is 11.8. The van der Waals surface area contributed by atoms with E-state index in [2.05, 4.69) is 16.8 Å². The van der Waals surface area contributed by atoms with Crippen molar-refractivity contribution in [1.29, 1.82) is 0 Å². The molecule has 1 aromatic heterocycles. The summed E-state index contributed by atoms with van der Waals surface area (Å²) in [5, 5.41) is 8.80. The van der Waals surface area contributed by atoms with Gasteiger partial charge in [-0.25, -0.2) is 4.98 Å². The van der Waals surface area contributed by atoms with Crippen LogP contribution in [-0.4, -0.2) is 53.9 Å². The summed E-state index contributed by atoms with van der Waals surface area (Å²) in [6.45, 7) is 3.98. The number of nitrogens with zero attached hydrogens (tertiary/aromatic N) is 2. The van der Waals surface area contributed by atoms with E-state index in [9.17, 15) is 13.2 Å².